The minimum absolute atomic E-state index is 0.865. The molecule has 168 valence electrons. The van der Waals surface area contributed by atoms with Crippen LogP contribution in [0, 0.1) is 6.92 Å². The first kappa shape index (κ1) is 21.1. The molecule has 0 fully saturated rings. The summed E-state index contributed by atoms with van der Waals surface area (Å²) in [6.45, 7) is 2.11. The molecule has 1 aromatic heterocycles. The predicted octanol–water partition coefficient (Wildman–Crippen LogP) is 8.20. The molecule has 6 aromatic rings. The van der Waals surface area contributed by atoms with E-state index in [4.69, 9.17) is 5.73 Å². The van der Waals surface area contributed by atoms with Crippen molar-refractivity contribution in [3.8, 4) is 22.3 Å². The molecule has 0 aliphatic rings. The lowest BCUT2D eigenvalue weighted by atomic mass is 9.91. The van der Waals surface area contributed by atoms with Crippen LogP contribution >= 0.6 is 0 Å². The summed E-state index contributed by atoms with van der Waals surface area (Å²) in [5, 5.41) is 4.77. The number of nitrogens with zero attached hydrogens (tertiary/aromatic N) is 1. The van der Waals surface area contributed by atoms with Crippen molar-refractivity contribution in [3.05, 3.63) is 132 Å². The van der Waals surface area contributed by atoms with Crippen LogP contribution in [0.3, 0.4) is 0 Å². The number of hydrogen-bond donors (Lipinski definition) is 1. The molecule has 0 aliphatic heterocycles. The van der Waals surface area contributed by atoms with Crippen LogP contribution in [0.4, 0.5) is 5.69 Å². The molecule has 0 atom stereocenters. The van der Waals surface area contributed by atoms with Gasteiger partial charge in [0, 0.05) is 23.5 Å². The number of aromatic nitrogens is 1. The SMILES string of the molecule is Cc1c(N)c2ccc(-c3cccc(-c4ccccc4Cc4ccncc4)c3)cc2c2ccccc12. The summed E-state index contributed by atoms with van der Waals surface area (Å²) in [6.07, 6.45) is 4.59. The molecule has 6 rings (SSSR count). The normalized spacial score (nSPS) is 11.2. The fraction of sp³-hybridized carbons (Fsp3) is 0.0606. The van der Waals surface area contributed by atoms with E-state index in [-0.39, 0.29) is 0 Å². The molecular formula is C33H26N2. The number of hydrogen-bond acceptors (Lipinski definition) is 2. The van der Waals surface area contributed by atoms with E-state index in [1.165, 1.54) is 49.5 Å². The lowest BCUT2D eigenvalue weighted by molar-refractivity contribution is 1.16. The Morgan fingerprint density at radius 1 is 0.600 bits per heavy atom. The molecule has 2 nitrogen and oxygen atoms in total. The van der Waals surface area contributed by atoms with Gasteiger partial charge in [0.2, 0.25) is 0 Å². The van der Waals surface area contributed by atoms with E-state index >= 15 is 0 Å². The molecule has 0 saturated carbocycles. The smallest absolute Gasteiger partial charge is 0.0429 e. The Balaban J connectivity index is 1.46. The highest BCUT2D eigenvalue weighted by molar-refractivity contribution is 6.15. The molecule has 2 heteroatoms. The summed E-state index contributed by atoms with van der Waals surface area (Å²) in [5.74, 6) is 0. The van der Waals surface area contributed by atoms with Gasteiger partial charge in [-0.05, 0) is 92.7 Å². The first-order valence-electron chi connectivity index (χ1n) is 12.0. The van der Waals surface area contributed by atoms with Crippen LogP contribution in [0.25, 0.3) is 43.8 Å². The third-order valence-corrected chi connectivity index (χ3v) is 7.00. The standard InChI is InChI=1S/C33H26N2/c1-22-28-10-4-5-12-30(28)32-21-25(13-14-31(32)33(22)34)24-8-6-9-27(20-24)29-11-3-2-7-26(29)19-23-15-17-35-18-16-23/h2-18,20-21H,19,34H2,1H3. The quantitative estimate of drug-likeness (QED) is 0.217. The maximum atomic E-state index is 6.55. The zero-order valence-electron chi connectivity index (χ0n) is 19.7. The van der Waals surface area contributed by atoms with Crippen molar-refractivity contribution in [1.29, 1.82) is 0 Å². The third-order valence-electron chi connectivity index (χ3n) is 7.00. The number of rotatable bonds is 4. The van der Waals surface area contributed by atoms with E-state index in [0.717, 1.165) is 23.1 Å². The fourth-order valence-corrected chi connectivity index (χ4v) is 5.12. The number of fused-ring (bicyclic) bond motifs is 3. The van der Waals surface area contributed by atoms with Crippen LogP contribution in [0.5, 0.6) is 0 Å². The van der Waals surface area contributed by atoms with E-state index < -0.39 is 0 Å². The summed E-state index contributed by atoms with van der Waals surface area (Å²) in [5.41, 5.74) is 16.0. The lowest BCUT2D eigenvalue weighted by Crippen LogP contribution is -1.94. The van der Waals surface area contributed by atoms with Crippen LogP contribution < -0.4 is 5.73 Å². The zero-order valence-corrected chi connectivity index (χ0v) is 19.7. The van der Waals surface area contributed by atoms with Gasteiger partial charge < -0.3 is 5.73 Å². The molecule has 0 saturated heterocycles. The zero-order chi connectivity index (χ0) is 23.8. The monoisotopic (exact) mass is 450 g/mol. The van der Waals surface area contributed by atoms with Crippen molar-refractivity contribution >= 4 is 27.2 Å². The van der Waals surface area contributed by atoms with Gasteiger partial charge in [-0.15, -0.1) is 0 Å². The highest BCUT2D eigenvalue weighted by Crippen LogP contribution is 2.37. The van der Waals surface area contributed by atoms with Crippen molar-refractivity contribution in [2.24, 2.45) is 0 Å². The number of anilines is 1. The Labute approximate surface area is 205 Å². The number of benzene rings is 5. The Hall–Kier alpha value is -4.43. The molecule has 0 unspecified atom stereocenters. The molecule has 5 aromatic carbocycles. The summed E-state index contributed by atoms with van der Waals surface area (Å²) < 4.78 is 0. The summed E-state index contributed by atoms with van der Waals surface area (Å²) in [7, 11) is 0. The summed E-state index contributed by atoms with van der Waals surface area (Å²) in [4.78, 5) is 4.16. The van der Waals surface area contributed by atoms with Gasteiger partial charge in [0.25, 0.3) is 0 Å². The molecule has 35 heavy (non-hydrogen) atoms. The summed E-state index contributed by atoms with van der Waals surface area (Å²) in [6, 6.07) is 36.9. The predicted molar refractivity (Wildman–Crippen MR) is 149 cm³/mol. The molecule has 0 amide bonds. The van der Waals surface area contributed by atoms with Crippen molar-refractivity contribution < 1.29 is 0 Å². The minimum atomic E-state index is 0.865. The van der Waals surface area contributed by atoms with Gasteiger partial charge >= 0.3 is 0 Å². The highest BCUT2D eigenvalue weighted by atomic mass is 14.6. The van der Waals surface area contributed by atoms with E-state index in [1.807, 2.05) is 12.4 Å². The van der Waals surface area contributed by atoms with E-state index in [9.17, 15) is 0 Å². The van der Waals surface area contributed by atoms with Gasteiger partial charge in [-0.25, -0.2) is 0 Å². The fourth-order valence-electron chi connectivity index (χ4n) is 5.12. The van der Waals surface area contributed by atoms with Crippen molar-refractivity contribution in [2.45, 2.75) is 13.3 Å². The number of nitrogen functional groups attached to an aromatic ring is 1. The Morgan fingerprint density at radius 3 is 2.17 bits per heavy atom. The van der Waals surface area contributed by atoms with Gasteiger partial charge in [-0.3, -0.25) is 4.98 Å². The van der Waals surface area contributed by atoms with E-state index in [1.54, 1.807) is 0 Å². The van der Waals surface area contributed by atoms with Gasteiger partial charge in [-0.2, -0.15) is 0 Å². The first-order chi connectivity index (χ1) is 17.2. The molecule has 1 heterocycles. The Kier molecular flexibility index (Phi) is 5.27. The maximum absolute atomic E-state index is 6.55. The van der Waals surface area contributed by atoms with Crippen LogP contribution in [0.2, 0.25) is 0 Å². The van der Waals surface area contributed by atoms with Crippen molar-refractivity contribution in [1.82, 2.24) is 4.98 Å². The number of nitrogens with two attached hydrogens (primary N) is 1. The van der Waals surface area contributed by atoms with Crippen molar-refractivity contribution in [2.75, 3.05) is 5.73 Å². The second-order valence-corrected chi connectivity index (χ2v) is 9.11. The van der Waals surface area contributed by atoms with E-state index in [2.05, 4.69) is 115 Å². The van der Waals surface area contributed by atoms with E-state index in [0.29, 0.717) is 0 Å². The second-order valence-electron chi connectivity index (χ2n) is 9.11. The van der Waals surface area contributed by atoms with Crippen LogP contribution in [-0.4, -0.2) is 4.98 Å². The average molecular weight is 451 g/mol. The number of pyridine rings is 1. The Bertz CT molecular complexity index is 1680. The Morgan fingerprint density at radius 2 is 1.31 bits per heavy atom. The molecular weight excluding hydrogens is 424 g/mol. The van der Waals surface area contributed by atoms with Crippen LogP contribution in [0.15, 0.2) is 116 Å². The molecule has 0 bridgehead atoms. The van der Waals surface area contributed by atoms with Gasteiger partial charge in [0.05, 0.1) is 0 Å². The highest BCUT2D eigenvalue weighted by Gasteiger charge is 2.12. The average Bonchev–Trinajstić information content (AvgIpc) is 2.92. The van der Waals surface area contributed by atoms with Crippen LogP contribution in [-0.2, 0) is 6.42 Å². The van der Waals surface area contributed by atoms with Crippen molar-refractivity contribution in [3.63, 3.8) is 0 Å². The lowest BCUT2D eigenvalue weighted by Gasteiger charge is -2.14. The molecule has 0 aliphatic carbocycles. The van der Waals surface area contributed by atoms with Gasteiger partial charge in [0.1, 0.15) is 0 Å². The van der Waals surface area contributed by atoms with Gasteiger partial charge in [0.15, 0.2) is 0 Å². The summed E-state index contributed by atoms with van der Waals surface area (Å²) >= 11 is 0. The largest absolute Gasteiger partial charge is 0.398 e. The first-order valence-corrected chi connectivity index (χ1v) is 12.0. The van der Waals surface area contributed by atoms with Crippen LogP contribution in [0.1, 0.15) is 16.7 Å². The maximum Gasteiger partial charge on any atom is 0.0429 e. The second kappa shape index (κ2) is 8.73. The van der Waals surface area contributed by atoms with Gasteiger partial charge in [-0.1, -0.05) is 78.9 Å². The minimum Gasteiger partial charge on any atom is -0.398 e. The molecule has 0 radical (unpaired) electrons. The number of aryl methyl sites for hydroxylation is 1. The molecule has 2 N–H and O–H groups in total. The third kappa shape index (κ3) is 3.83. The topological polar surface area (TPSA) is 38.9 Å². The molecule has 0 spiro atoms.